The van der Waals surface area contributed by atoms with Crippen LogP contribution >= 0.6 is 0 Å². The molecule has 0 spiro atoms. The molecule has 13 heteroatoms. The summed E-state index contributed by atoms with van der Waals surface area (Å²) in [6.07, 6.45) is 0. The van der Waals surface area contributed by atoms with Crippen LogP contribution in [0.3, 0.4) is 0 Å². The first-order chi connectivity index (χ1) is 20.3. The first-order valence-electron chi connectivity index (χ1n) is 13.2. The second-order valence-electron chi connectivity index (χ2n) is 9.38. The molecule has 214 valence electrons. The summed E-state index contributed by atoms with van der Waals surface area (Å²) in [6.45, 7) is 1.39. The molecular formula is C29H29N9O4. The van der Waals surface area contributed by atoms with E-state index in [4.69, 9.17) is 11.5 Å². The molecule has 2 aromatic carbocycles. The molecule has 3 aromatic heterocycles. The maximum atomic E-state index is 13.0. The Balaban J connectivity index is 1.26. The molecule has 0 aliphatic heterocycles. The highest BCUT2D eigenvalue weighted by atomic mass is 16.2. The third-order valence-corrected chi connectivity index (χ3v) is 6.32. The number of nitrogens with one attached hydrogen (secondary N) is 6. The second-order valence-corrected chi connectivity index (χ2v) is 9.38. The number of H-pyrrole nitrogens is 2. The first-order valence-corrected chi connectivity index (χ1v) is 13.2. The van der Waals surface area contributed by atoms with E-state index in [1.807, 2.05) is 0 Å². The van der Waals surface area contributed by atoms with Crippen molar-refractivity contribution in [1.82, 2.24) is 25.6 Å². The molecular weight excluding hydrogens is 538 g/mol. The number of hydrogen-bond acceptors (Lipinski definition) is 7. The van der Waals surface area contributed by atoms with E-state index in [9.17, 15) is 19.2 Å². The van der Waals surface area contributed by atoms with E-state index in [0.717, 1.165) is 21.8 Å². The van der Waals surface area contributed by atoms with E-state index >= 15 is 0 Å². The number of pyridine rings is 1. The molecule has 0 saturated heterocycles. The van der Waals surface area contributed by atoms with Crippen molar-refractivity contribution in [1.29, 1.82) is 0 Å². The lowest BCUT2D eigenvalue weighted by Crippen LogP contribution is -2.29. The van der Waals surface area contributed by atoms with Gasteiger partial charge in [0.15, 0.2) is 0 Å². The molecule has 0 radical (unpaired) electrons. The molecule has 10 N–H and O–H groups in total. The Morgan fingerprint density at radius 3 is 1.50 bits per heavy atom. The first kappa shape index (κ1) is 28.0. The minimum atomic E-state index is -0.505. The Kier molecular flexibility index (Phi) is 8.22. The summed E-state index contributed by atoms with van der Waals surface area (Å²) in [7, 11) is 0. The van der Waals surface area contributed by atoms with Crippen molar-refractivity contribution in [3.63, 3.8) is 0 Å². The number of fused-ring (bicyclic) bond motifs is 2. The van der Waals surface area contributed by atoms with Crippen LogP contribution in [-0.2, 0) is 0 Å². The highest BCUT2D eigenvalue weighted by Crippen LogP contribution is 2.22. The molecule has 0 saturated carbocycles. The van der Waals surface area contributed by atoms with Gasteiger partial charge in [-0.15, -0.1) is 0 Å². The van der Waals surface area contributed by atoms with Crippen LogP contribution in [0.5, 0.6) is 0 Å². The quantitative estimate of drug-likeness (QED) is 0.125. The van der Waals surface area contributed by atoms with E-state index in [0.29, 0.717) is 48.9 Å². The number of carbonyl (C=O) groups excluding carboxylic acids is 4. The van der Waals surface area contributed by atoms with Crippen LogP contribution < -0.4 is 32.7 Å². The third-order valence-electron chi connectivity index (χ3n) is 6.32. The lowest BCUT2D eigenvalue weighted by Gasteiger charge is -2.08. The lowest BCUT2D eigenvalue weighted by atomic mass is 10.2. The van der Waals surface area contributed by atoms with Crippen molar-refractivity contribution >= 4 is 56.8 Å². The number of benzene rings is 2. The Bertz CT molecular complexity index is 1680. The predicted molar refractivity (Wildman–Crippen MR) is 160 cm³/mol. The van der Waals surface area contributed by atoms with Crippen LogP contribution in [0.2, 0.25) is 0 Å². The average Bonchev–Trinajstić information content (AvgIpc) is 3.62. The van der Waals surface area contributed by atoms with Gasteiger partial charge in [0.05, 0.1) is 0 Å². The number of hydrogen-bond donors (Lipinski definition) is 8. The van der Waals surface area contributed by atoms with Gasteiger partial charge >= 0.3 is 0 Å². The molecule has 5 aromatic rings. The molecule has 3 heterocycles. The Morgan fingerprint density at radius 1 is 0.619 bits per heavy atom. The number of aromatic amines is 2. The molecule has 0 fully saturated rings. The summed E-state index contributed by atoms with van der Waals surface area (Å²) in [4.78, 5) is 60.6. The van der Waals surface area contributed by atoms with Gasteiger partial charge in [0, 0.05) is 59.4 Å². The van der Waals surface area contributed by atoms with Crippen LogP contribution in [0.15, 0.2) is 66.7 Å². The van der Waals surface area contributed by atoms with Crippen LogP contribution in [0.1, 0.15) is 42.0 Å². The van der Waals surface area contributed by atoms with Gasteiger partial charge in [0.1, 0.15) is 22.8 Å². The van der Waals surface area contributed by atoms with E-state index in [1.165, 1.54) is 12.1 Å². The average molecular weight is 568 g/mol. The lowest BCUT2D eigenvalue weighted by molar-refractivity contribution is 0.0942. The standard InChI is InChI=1S/C29H29N9O4/c30-8-10-32-26(39)24-14-16-12-18(4-6-20(16)36-24)34-28(41)22-2-1-3-23(38-22)29(42)35-19-5-7-21-17(13-19)15-25(37-21)27(40)33-11-9-31/h1-7,12-15,36-37H,8-11,30-31H2,(H,32,39)(H,33,40)(H,34,41)(H,35,42). The zero-order chi connectivity index (χ0) is 29.6. The summed E-state index contributed by atoms with van der Waals surface area (Å²) in [5, 5.41) is 12.4. The number of carbonyl (C=O) groups is 4. The van der Waals surface area contributed by atoms with Gasteiger partial charge in [-0.05, 0) is 60.7 Å². The summed E-state index contributed by atoms with van der Waals surface area (Å²) < 4.78 is 0. The number of rotatable bonds is 10. The smallest absolute Gasteiger partial charge is 0.274 e. The van der Waals surface area contributed by atoms with Gasteiger partial charge in [-0.3, -0.25) is 19.2 Å². The zero-order valence-electron chi connectivity index (χ0n) is 22.4. The Labute approximate surface area is 239 Å². The van der Waals surface area contributed by atoms with Crippen molar-refractivity contribution in [3.8, 4) is 0 Å². The molecule has 0 aliphatic carbocycles. The van der Waals surface area contributed by atoms with E-state index in [2.05, 4.69) is 36.2 Å². The van der Waals surface area contributed by atoms with Crippen LogP contribution in [-0.4, -0.2) is 64.8 Å². The molecule has 42 heavy (non-hydrogen) atoms. The zero-order valence-corrected chi connectivity index (χ0v) is 22.4. The maximum Gasteiger partial charge on any atom is 0.274 e. The van der Waals surface area contributed by atoms with Gasteiger partial charge in [-0.2, -0.15) is 0 Å². The fraction of sp³-hybridized carbons (Fsp3) is 0.138. The molecule has 0 unspecified atom stereocenters. The van der Waals surface area contributed by atoms with E-state index in [-0.39, 0.29) is 23.2 Å². The minimum absolute atomic E-state index is 0.0490. The third kappa shape index (κ3) is 6.27. The summed E-state index contributed by atoms with van der Waals surface area (Å²) in [6, 6.07) is 18.3. The van der Waals surface area contributed by atoms with Gasteiger partial charge in [-0.25, -0.2) is 4.98 Å². The molecule has 0 bridgehead atoms. The van der Waals surface area contributed by atoms with Crippen molar-refractivity contribution in [2.24, 2.45) is 11.5 Å². The Morgan fingerprint density at radius 2 is 1.07 bits per heavy atom. The Hall–Kier alpha value is -5.53. The highest BCUT2D eigenvalue weighted by Gasteiger charge is 2.15. The van der Waals surface area contributed by atoms with Crippen molar-refractivity contribution in [2.45, 2.75) is 0 Å². The second kappa shape index (κ2) is 12.3. The van der Waals surface area contributed by atoms with Crippen molar-refractivity contribution in [2.75, 3.05) is 36.8 Å². The number of anilines is 2. The number of nitrogens with zero attached hydrogens (tertiary/aromatic N) is 1. The fourth-order valence-electron chi connectivity index (χ4n) is 4.31. The normalized spacial score (nSPS) is 10.9. The SMILES string of the molecule is NCCNC(=O)c1cc2cc(NC(=O)c3cccc(C(=O)Nc4ccc5[nH]c(C(=O)NCCN)cc5c4)n3)ccc2[nH]1. The summed E-state index contributed by atoms with van der Waals surface area (Å²) in [5.74, 6) is -1.56. The van der Waals surface area contributed by atoms with Crippen LogP contribution in [0, 0.1) is 0 Å². The predicted octanol–water partition coefficient (Wildman–Crippen LogP) is 1.93. The van der Waals surface area contributed by atoms with Gasteiger partial charge < -0.3 is 42.7 Å². The molecule has 4 amide bonds. The van der Waals surface area contributed by atoms with E-state index in [1.54, 1.807) is 54.6 Å². The van der Waals surface area contributed by atoms with Gasteiger partial charge in [0.2, 0.25) is 0 Å². The number of amides is 4. The topological polar surface area (TPSA) is 213 Å². The molecule has 0 aliphatic rings. The molecule has 0 atom stereocenters. The molecule has 5 rings (SSSR count). The van der Waals surface area contributed by atoms with Gasteiger partial charge in [0.25, 0.3) is 23.6 Å². The van der Waals surface area contributed by atoms with Crippen LogP contribution in [0.4, 0.5) is 11.4 Å². The minimum Gasteiger partial charge on any atom is -0.351 e. The molecule has 13 nitrogen and oxygen atoms in total. The number of nitrogens with two attached hydrogens (primary N) is 2. The summed E-state index contributed by atoms with van der Waals surface area (Å²) >= 11 is 0. The fourth-order valence-corrected chi connectivity index (χ4v) is 4.31. The van der Waals surface area contributed by atoms with Crippen molar-refractivity contribution in [3.05, 3.63) is 89.5 Å². The maximum absolute atomic E-state index is 13.0. The van der Waals surface area contributed by atoms with Crippen molar-refractivity contribution < 1.29 is 19.2 Å². The van der Waals surface area contributed by atoms with Crippen LogP contribution in [0.25, 0.3) is 21.8 Å². The van der Waals surface area contributed by atoms with E-state index < -0.39 is 11.8 Å². The number of aromatic nitrogens is 3. The largest absolute Gasteiger partial charge is 0.351 e. The summed E-state index contributed by atoms with van der Waals surface area (Å²) in [5.41, 5.74) is 14.2. The highest BCUT2D eigenvalue weighted by molar-refractivity contribution is 6.07. The van der Waals surface area contributed by atoms with Gasteiger partial charge in [-0.1, -0.05) is 6.07 Å². The monoisotopic (exact) mass is 567 g/mol.